The number of hydrogen-bond acceptors (Lipinski definition) is 4. The predicted molar refractivity (Wildman–Crippen MR) is 65.7 cm³/mol. The summed E-state index contributed by atoms with van der Waals surface area (Å²) in [5.41, 5.74) is 0.960. The smallest absolute Gasteiger partial charge is 0.772 e. The molecule has 1 fully saturated rings. The van der Waals surface area contributed by atoms with Gasteiger partial charge in [0.15, 0.2) is 0 Å². The molecule has 0 aromatic heterocycles. The van der Waals surface area contributed by atoms with Gasteiger partial charge in [0.2, 0.25) is 5.91 Å². The van der Waals surface area contributed by atoms with Crippen LogP contribution in [0.2, 0.25) is 0 Å². The number of amides is 1. The van der Waals surface area contributed by atoms with Gasteiger partial charge < -0.3 is 14.2 Å². The van der Waals surface area contributed by atoms with Crippen molar-refractivity contribution >= 4 is 17.0 Å². The van der Waals surface area contributed by atoms with Crippen molar-refractivity contribution in [3.63, 3.8) is 0 Å². The maximum absolute atomic E-state index is 11.8. The minimum absolute atomic E-state index is 0. The molecule has 0 N–H and O–H groups in total. The van der Waals surface area contributed by atoms with E-state index in [1.165, 1.54) is 0 Å². The molecular weight excluding hydrogens is 277 g/mol. The summed E-state index contributed by atoms with van der Waals surface area (Å²) in [5, 5.41) is -0.872. The number of likely N-dealkylation sites (tertiary alicyclic amines) is 1. The van der Waals surface area contributed by atoms with E-state index < -0.39 is 16.3 Å². The topological polar surface area (TPSA) is 69.7 Å². The molecule has 19 heavy (non-hydrogen) atoms. The summed E-state index contributed by atoms with van der Waals surface area (Å²) in [6, 6.07) is 7.37. The van der Waals surface area contributed by atoms with Crippen LogP contribution in [0.1, 0.15) is 12.0 Å². The SMILES string of the molecule is COc1ccc(CN2CCC(S(=O)[O-])C2=O)cc1.[Na+]. The van der Waals surface area contributed by atoms with Crippen molar-refractivity contribution in [1.82, 2.24) is 4.90 Å². The molecule has 0 radical (unpaired) electrons. The summed E-state index contributed by atoms with van der Waals surface area (Å²) >= 11 is -2.32. The van der Waals surface area contributed by atoms with E-state index in [9.17, 15) is 13.6 Å². The van der Waals surface area contributed by atoms with E-state index in [4.69, 9.17) is 4.74 Å². The zero-order chi connectivity index (χ0) is 13.1. The summed E-state index contributed by atoms with van der Waals surface area (Å²) in [5.74, 6) is 0.448. The van der Waals surface area contributed by atoms with E-state index in [-0.39, 0.29) is 35.5 Å². The molecule has 0 saturated carbocycles. The Labute approximate surface area is 136 Å². The maximum Gasteiger partial charge on any atom is 1.00 e. The summed E-state index contributed by atoms with van der Waals surface area (Å²) in [4.78, 5) is 13.4. The summed E-state index contributed by atoms with van der Waals surface area (Å²) in [6.07, 6.45) is 0.380. The van der Waals surface area contributed by atoms with Gasteiger partial charge >= 0.3 is 29.6 Å². The van der Waals surface area contributed by atoms with Crippen molar-refractivity contribution < 1.29 is 47.9 Å². The summed E-state index contributed by atoms with van der Waals surface area (Å²) in [6.45, 7) is 0.931. The van der Waals surface area contributed by atoms with Gasteiger partial charge in [0.05, 0.1) is 7.11 Å². The van der Waals surface area contributed by atoms with Crippen LogP contribution >= 0.6 is 0 Å². The molecular formula is C12H14NNaO4S. The molecule has 5 nitrogen and oxygen atoms in total. The van der Waals surface area contributed by atoms with Gasteiger partial charge in [-0.2, -0.15) is 0 Å². The van der Waals surface area contributed by atoms with Gasteiger partial charge in [-0.15, -0.1) is 0 Å². The third-order valence-electron chi connectivity index (χ3n) is 3.01. The van der Waals surface area contributed by atoms with Crippen LogP contribution < -0.4 is 34.3 Å². The van der Waals surface area contributed by atoms with E-state index >= 15 is 0 Å². The second-order valence-electron chi connectivity index (χ2n) is 4.15. The fourth-order valence-corrected chi connectivity index (χ4v) is 2.61. The molecule has 0 spiro atoms. The second-order valence-corrected chi connectivity index (χ2v) is 5.24. The molecule has 1 aliphatic heterocycles. The Balaban J connectivity index is 0.00000180. The van der Waals surface area contributed by atoms with Crippen LogP contribution in [-0.4, -0.2) is 38.5 Å². The Kier molecular flexibility index (Phi) is 6.49. The number of nitrogens with zero attached hydrogens (tertiary/aromatic N) is 1. The number of carbonyl (C=O) groups excluding carboxylic acids is 1. The molecule has 0 aliphatic carbocycles. The molecule has 1 amide bonds. The van der Waals surface area contributed by atoms with Crippen molar-refractivity contribution in [2.45, 2.75) is 18.2 Å². The summed E-state index contributed by atoms with van der Waals surface area (Å²) < 4.78 is 26.7. The first-order valence-electron chi connectivity index (χ1n) is 5.61. The normalized spacial score (nSPS) is 20.0. The molecule has 98 valence electrons. The fourth-order valence-electron chi connectivity index (χ4n) is 2.00. The van der Waals surface area contributed by atoms with E-state index in [2.05, 4.69) is 0 Å². The molecule has 1 saturated heterocycles. The molecule has 7 heteroatoms. The van der Waals surface area contributed by atoms with Gasteiger partial charge in [-0.1, -0.05) is 12.1 Å². The van der Waals surface area contributed by atoms with Gasteiger partial charge in [0.1, 0.15) is 11.0 Å². The van der Waals surface area contributed by atoms with Gasteiger partial charge in [-0.25, -0.2) is 0 Å². The molecule has 2 atom stereocenters. The predicted octanol–water partition coefficient (Wildman–Crippen LogP) is -2.32. The van der Waals surface area contributed by atoms with Crippen molar-refractivity contribution in [2.24, 2.45) is 0 Å². The minimum atomic E-state index is -2.32. The van der Waals surface area contributed by atoms with Crippen LogP contribution in [0.15, 0.2) is 24.3 Å². The largest absolute Gasteiger partial charge is 1.00 e. The zero-order valence-corrected chi connectivity index (χ0v) is 13.8. The van der Waals surface area contributed by atoms with Crippen molar-refractivity contribution in [3.8, 4) is 5.75 Å². The van der Waals surface area contributed by atoms with Crippen LogP contribution in [-0.2, 0) is 22.4 Å². The third kappa shape index (κ3) is 4.03. The Morgan fingerprint density at radius 1 is 1.42 bits per heavy atom. The number of carbonyl (C=O) groups is 1. The standard InChI is InChI=1S/C12H15NO4S.Na/c1-17-10-4-2-9(3-5-10)8-13-7-6-11(12(13)14)18(15)16;/h2-5,11H,6-8H2,1H3,(H,15,16);/q;+1/p-1. The number of ether oxygens (including phenoxy) is 1. The van der Waals surface area contributed by atoms with E-state index in [0.29, 0.717) is 19.5 Å². The number of benzene rings is 1. The quantitative estimate of drug-likeness (QED) is 0.461. The summed E-state index contributed by atoms with van der Waals surface area (Å²) in [7, 11) is 1.59. The van der Waals surface area contributed by atoms with Crippen molar-refractivity contribution in [1.29, 1.82) is 0 Å². The van der Waals surface area contributed by atoms with E-state index in [0.717, 1.165) is 11.3 Å². The molecule has 2 rings (SSSR count). The molecule has 2 unspecified atom stereocenters. The average Bonchev–Trinajstić information content (AvgIpc) is 2.72. The van der Waals surface area contributed by atoms with Gasteiger partial charge in [-0.05, 0) is 35.2 Å². The van der Waals surface area contributed by atoms with Crippen LogP contribution in [0.3, 0.4) is 0 Å². The van der Waals surface area contributed by atoms with Crippen LogP contribution in [0.4, 0.5) is 0 Å². The monoisotopic (exact) mass is 291 g/mol. The first kappa shape index (κ1) is 16.7. The van der Waals surface area contributed by atoms with Crippen LogP contribution in [0, 0.1) is 0 Å². The zero-order valence-electron chi connectivity index (χ0n) is 11.0. The Morgan fingerprint density at radius 3 is 2.53 bits per heavy atom. The molecule has 0 bridgehead atoms. The minimum Gasteiger partial charge on any atom is -0.772 e. The van der Waals surface area contributed by atoms with Crippen LogP contribution in [0.25, 0.3) is 0 Å². The van der Waals surface area contributed by atoms with E-state index in [1.807, 2.05) is 24.3 Å². The molecule has 1 aromatic carbocycles. The molecule has 1 aromatic rings. The average molecular weight is 291 g/mol. The van der Waals surface area contributed by atoms with Crippen molar-refractivity contribution in [3.05, 3.63) is 29.8 Å². The first-order chi connectivity index (χ1) is 8.61. The second kappa shape index (κ2) is 7.40. The van der Waals surface area contributed by atoms with Crippen molar-refractivity contribution in [2.75, 3.05) is 13.7 Å². The Bertz CT molecular complexity index is 465. The fraction of sp³-hybridized carbons (Fsp3) is 0.417. The molecule has 1 heterocycles. The Hall–Kier alpha value is -0.400. The Morgan fingerprint density at radius 2 is 2.05 bits per heavy atom. The number of methoxy groups -OCH3 is 1. The first-order valence-corrected chi connectivity index (χ1v) is 6.75. The van der Waals surface area contributed by atoms with Gasteiger partial charge in [0, 0.05) is 13.1 Å². The maximum atomic E-state index is 11.8. The number of hydrogen-bond donors (Lipinski definition) is 0. The van der Waals surface area contributed by atoms with E-state index in [1.54, 1.807) is 12.0 Å². The van der Waals surface area contributed by atoms with Gasteiger partial charge in [0.25, 0.3) is 0 Å². The third-order valence-corrected chi connectivity index (χ3v) is 3.92. The van der Waals surface area contributed by atoms with Crippen LogP contribution in [0.5, 0.6) is 5.75 Å². The van der Waals surface area contributed by atoms with Gasteiger partial charge in [-0.3, -0.25) is 9.00 Å². The number of rotatable bonds is 4. The molecule has 1 aliphatic rings.